The van der Waals surface area contributed by atoms with Crippen molar-refractivity contribution in [2.24, 2.45) is 0 Å². The molecule has 144 valence electrons. The van der Waals surface area contributed by atoms with Crippen molar-refractivity contribution in [3.8, 4) is 5.75 Å². The minimum absolute atomic E-state index is 0.117. The van der Waals surface area contributed by atoms with Crippen LogP contribution in [0.4, 0.5) is 10.8 Å². The summed E-state index contributed by atoms with van der Waals surface area (Å²) < 4.78 is 5.51. The molecule has 0 unspecified atom stereocenters. The molecule has 3 rings (SSSR count). The van der Waals surface area contributed by atoms with E-state index in [4.69, 9.17) is 4.74 Å². The molecule has 0 bridgehead atoms. The fourth-order valence-electron chi connectivity index (χ4n) is 2.60. The first-order valence-corrected chi connectivity index (χ1v) is 9.82. The Kier molecular flexibility index (Phi) is 6.75. The first-order valence-electron chi connectivity index (χ1n) is 8.94. The Morgan fingerprint density at radius 2 is 1.68 bits per heavy atom. The maximum Gasteiger partial charge on any atom is 0.230 e. The van der Waals surface area contributed by atoms with E-state index in [0.717, 1.165) is 5.56 Å². The number of hydrogen-bond donors (Lipinski definition) is 2. The summed E-state index contributed by atoms with van der Waals surface area (Å²) in [7, 11) is 0. The van der Waals surface area contributed by atoms with E-state index in [1.54, 1.807) is 11.4 Å². The van der Waals surface area contributed by atoms with Crippen molar-refractivity contribution in [3.05, 3.63) is 71.2 Å². The number of hydrogen-bond acceptors (Lipinski definition) is 5. The third-order valence-corrected chi connectivity index (χ3v) is 4.61. The molecule has 0 spiro atoms. The highest BCUT2D eigenvalue weighted by atomic mass is 32.1. The summed E-state index contributed by atoms with van der Waals surface area (Å²) in [5.74, 6) is 0.298. The van der Waals surface area contributed by atoms with Crippen LogP contribution >= 0.6 is 11.3 Å². The largest absolute Gasteiger partial charge is 0.492 e. The van der Waals surface area contributed by atoms with Crippen LogP contribution in [0.1, 0.15) is 18.2 Å². The third-order valence-electron chi connectivity index (χ3n) is 3.81. The van der Waals surface area contributed by atoms with Gasteiger partial charge in [-0.05, 0) is 24.6 Å². The molecular weight excluding hydrogens is 374 g/mol. The van der Waals surface area contributed by atoms with E-state index in [2.05, 4.69) is 15.6 Å². The van der Waals surface area contributed by atoms with Crippen LogP contribution in [0.5, 0.6) is 5.75 Å². The molecule has 7 heteroatoms. The van der Waals surface area contributed by atoms with Crippen LogP contribution < -0.4 is 15.4 Å². The zero-order valence-electron chi connectivity index (χ0n) is 15.5. The number of nitrogens with one attached hydrogen (secondary N) is 2. The Morgan fingerprint density at radius 3 is 2.46 bits per heavy atom. The highest BCUT2D eigenvalue weighted by Crippen LogP contribution is 2.24. The van der Waals surface area contributed by atoms with Gasteiger partial charge in [-0.25, -0.2) is 4.98 Å². The molecule has 0 saturated heterocycles. The highest BCUT2D eigenvalue weighted by molar-refractivity contribution is 7.13. The van der Waals surface area contributed by atoms with Gasteiger partial charge in [-0.1, -0.05) is 42.5 Å². The highest BCUT2D eigenvalue weighted by Gasteiger charge is 2.12. The van der Waals surface area contributed by atoms with Gasteiger partial charge in [-0.2, -0.15) is 0 Å². The summed E-state index contributed by atoms with van der Waals surface area (Å²) in [6.45, 7) is 2.41. The van der Waals surface area contributed by atoms with Gasteiger partial charge in [0.1, 0.15) is 5.75 Å². The molecule has 1 aromatic heterocycles. The molecule has 1 heterocycles. The van der Waals surface area contributed by atoms with Gasteiger partial charge in [0.05, 0.1) is 30.8 Å². The monoisotopic (exact) mass is 395 g/mol. The summed E-state index contributed by atoms with van der Waals surface area (Å²) in [6.07, 6.45) is 0.399. The van der Waals surface area contributed by atoms with Gasteiger partial charge >= 0.3 is 0 Å². The predicted octanol–water partition coefficient (Wildman–Crippen LogP) is 3.90. The SMILES string of the molecule is CCOc1ccccc1NC(=O)Cc1csc(NC(=O)Cc2ccccc2)n1. The van der Waals surface area contributed by atoms with Crippen molar-refractivity contribution >= 4 is 34.0 Å². The van der Waals surface area contributed by atoms with E-state index in [0.29, 0.717) is 28.9 Å². The number of aromatic nitrogens is 1. The van der Waals surface area contributed by atoms with E-state index < -0.39 is 0 Å². The predicted molar refractivity (Wildman–Crippen MR) is 111 cm³/mol. The standard InChI is InChI=1S/C21H21N3O3S/c1-2-27-18-11-7-6-10-17(18)23-20(26)13-16-14-28-21(22-16)24-19(25)12-15-8-4-3-5-9-15/h3-11,14H,2,12-13H2,1H3,(H,23,26)(H,22,24,25). The molecule has 0 aliphatic heterocycles. The average Bonchev–Trinajstić information content (AvgIpc) is 3.10. The smallest absolute Gasteiger partial charge is 0.230 e. The molecular formula is C21H21N3O3S. The summed E-state index contributed by atoms with van der Waals surface area (Å²) >= 11 is 1.30. The average molecular weight is 395 g/mol. The maximum absolute atomic E-state index is 12.3. The molecule has 0 aliphatic carbocycles. The molecule has 0 atom stereocenters. The van der Waals surface area contributed by atoms with Crippen LogP contribution in [-0.4, -0.2) is 23.4 Å². The van der Waals surface area contributed by atoms with Crippen molar-refractivity contribution < 1.29 is 14.3 Å². The Balaban J connectivity index is 1.54. The van der Waals surface area contributed by atoms with Gasteiger partial charge in [0.25, 0.3) is 0 Å². The van der Waals surface area contributed by atoms with Crippen molar-refractivity contribution in [2.45, 2.75) is 19.8 Å². The van der Waals surface area contributed by atoms with Crippen molar-refractivity contribution in [2.75, 3.05) is 17.2 Å². The van der Waals surface area contributed by atoms with Crippen LogP contribution in [0.2, 0.25) is 0 Å². The van der Waals surface area contributed by atoms with Gasteiger partial charge in [0, 0.05) is 5.38 Å². The van der Waals surface area contributed by atoms with Gasteiger partial charge in [-0.15, -0.1) is 11.3 Å². The Morgan fingerprint density at radius 1 is 0.964 bits per heavy atom. The number of rotatable bonds is 8. The first kappa shape index (κ1) is 19.6. The summed E-state index contributed by atoms with van der Waals surface area (Å²) in [4.78, 5) is 28.8. The van der Waals surface area contributed by atoms with Crippen molar-refractivity contribution in [1.29, 1.82) is 0 Å². The van der Waals surface area contributed by atoms with E-state index >= 15 is 0 Å². The van der Waals surface area contributed by atoms with Gasteiger partial charge < -0.3 is 15.4 Å². The molecule has 0 aliphatic rings. The lowest BCUT2D eigenvalue weighted by Gasteiger charge is -2.10. The van der Waals surface area contributed by atoms with Crippen LogP contribution in [-0.2, 0) is 22.4 Å². The van der Waals surface area contributed by atoms with E-state index in [1.807, 2.05) is 55.5 Å². The van der Waals surface area contributed by atoms with Gasteiger partial charge in [-0.3, -0.25) is 9.59 Å². The Labute approximate surface area is 167 Å². The second kappa shape index (κ2) is 9.66. The molecule has 2 aromatic carbocycles. The lowest BCUT2D eigenvalue weighted by atomic mass is 10.1. The normalized spacial score (nSPS) is 10.3. The molecule has 0 fully saturated rings. The number of amides is 2. The molecule has 0 radical (unpaired) electrons. The topological polar surface area (TPSA) is 80.3 Å². The fraction of sp³-hybridized carbons (Fsp3) is 0.190. The molecule has 2 N–H and O–H groups in total. The summed E-state index contributed by atoms with van der Waals surface area (Å²) in [5, 5.41) is 7.87. The second-order valence-electron chi connectivity index (χ2n) is 6.01. The first-order chi connectivity index (χ1) is 13.6. The van der Waals surface area contributed by atoms with Gasteiger partial charge in [0.2, 0.25) is 11.8 Å². The Bertz CT molecular complexity index is 941. The third kappa shape index (κ3) is 5.65. The number of ether oxygens (including phenoxy) is 1. The summed E-state index contributed by atoms with van der Waals surface area (Å²) in [6, 6.07) is 16.8. The second-order valence-corrected chi connectivity index (χ2v) is 6.87. The Hall–Kier alpha value is -3.19. The quantitative estimate of drug-likeness (QED) is 0.606. The van der Waals surface area contributed by atoms with Crippen LogP contribution in [0.25, 0.3) is 0 Å². The van der Waals surface area contributed by atoms with E-state index in [1.165, 1.54) is 11.3 Å². The summed E-state index contributed by atoms with van der Waals surface area (Å²) in [5.41, 5.74) is 2.16. The lowest BCUT2D eigenvalue weighted by Crippen LogP contribution is -2.16. The van der Waals surface area contributed by atoms with Crippen LogP contribution in [0.3, 0.4) is 0 Å². The molecule has 6 nitrogen and oxygen atoms in total. The zero-order chi connectivity index (χ0) is 19.8. The molecule has 0 saturated carbocycles. The van der Waals surface area contributed by atoms with E-state index in [9.17, 15) is 9.59 Å². The molecule has 28 heavy (non-hydrogen) atoms. The lowest BCUT2D eigenvalue weighted by molar-refractivity contribution is -0.116. The van der Waals surface area contributed by atoms with E-state index in [-0.39, 0.29) is 24.7 Å². The minimum atomic E-state index is -0.195. The molecule has 3 aromatic rings. The number of benzene rings is 2. The number of thiazole rings is 1. The van der Waals surface area contributed by atoms with Crippen LogP contribution in [0, 0.1) is 0 Å². The number of nitrogens with zero attached hydrogens (tertiary/aromatic N) is 1. The number of carbonyl (C=O) groups excluding carboxylic acids is 2. The zero-order valence-corrected chi connectivity index (χ0v) is 16.3. The van der Waals surface area contributed by atoms with Crippen molar-refractivity contribution in [3.63, 3.8) is 0 Å². The number of carbonyl (C=O) groups is 2. The maximum atomic E-state index is 12.3. The van der Waals surface area contributed by atoms with Crippen LogP contribution in [0.15, 0.2) is 60.0 Å². The minimum Gasteiger partial charge on any atom is -0.492 e. The fourth-order valence-corrected chi connectivity index (χ4v) is 3.33. The number of para-hydroxylation sites is 2. The van der Waals surface area contributed by atoms with Gasteiger partial charge in [0.15, 0.2) is 5.13 Å². The van der Waals surface area contributed by atoms with Crippen molar-refractivity contribution in [1.82, 2.24) is 4.98 Å². The molecule has 2 amide bonds. The number of anilines is 2.